The molecule has 0 aromatic heterocycles. The quantitative estimate of drug-likeness (QED) is 0.588. The van der Waals surface area contributed by atoms with E-state index in [1.165, 1.54) is 25.7 Å². The van der Waals surface area contributed by atoms with Crippen LogP contribution in [0.1, 0.15) is 95.6 Å². The summed E-state index contributed by atoms with van der Waals surface area (Å²) in [7, 11) is 2.01. The van der Waals surface area contributed by atoms with Crippen molar-refractivity contribution in [3.8, 4) is 0 Å². The zero-order chi connectivity index (χ0) is 22.8. The van der Waals surface area contributed by atoms with Crippen molar-refractivity contribution >= 4 is 17.5 Å². The number of nitrogens with zero attached hydrogens (tertiary/aromatic N) is 2. The van der Waals surface area contributed by atoms with Crippen LogP contribution < -0.4 is 0 Å². The second kappa shape index (κ2) is 10.0. The average molecular weight is 461 g/mol. The summed E-state index contributed by atoms with van der Waals surface area (Å²) < 4.78 is 0. The predicted octanol–water partition coefficient (Wildman–Crippen LogP) is 5.97. The molecule has 1 aromatic rings. The van der Waals surface area contributed by atoms with E-state index in [4.69, 9.17) is 11.6 Å². The molecule has 1 atom stereocenters. The van der Waals surface area contributed by atoms with Crippen molar-refractivity contribution < 1.29 is 9.90 Å². The second-order valence-electron chi connectivity index (χ2n) is 10.6. The maximum absolute atomic E-state index is 14.0. The van der Waals surface area contributed by atoms with Crippen LogP contribution in [-0.2, 0) is 4.79 Å². The number of carbonyl (C=O) groups excluding carboxylic acids is 1. The van der Waals surface area contributed by atoms with Crippen molar-refractivity contribution in [1.29, 1.82) is 0 Å². The predicted molar refractivity (Wildman–Crippen MR) is 131 cm³/mol. The summed E-state index contributed by atoms with van der Waals surface area (Å²) in [6, 6.07) is 8.60. The third-order valence-electron chi connectivity index (χ3n) is 8.98. The minimum absolute atomic E-state index is 0.205. The van der Waals surface area contributed by atoms with E-state index in [9.17, 15) is 9.90 Å². The summed E-state index contributed by atoms with van der Waals surface area (Å²) in [5.74, 6) is 0.221. The molecule has 1 unspecified atom stereocenters. The van der Waals surface area contributed by atoms with Crippen LogP contribution in [0.15, 0.2) is 24.3 Å². The number of hydrogen-bond acceptors (Lipinski definition) is 3. The fourth-order valence-electron chi connectivity index (χ4n) is 6.78. The topological polar surface area (TPSA) is 43.8 Å². The van der Waals surface area contributed by atoms with Gasteiger partial charge in [0.25, 0.3) is 0 Å². The summed E-state index contributed by atoms with van der Waals surface area (Å²) in [5, 5.41) is 12.9. The van der Waals surface area contributed by atoms with Gasteiger partial charge in [-0.15, -0.1) is 0 Å². The molecule has 0 radical (unpaired) electrons. The van der Waals surface area contributed by atoms with Crippen molar-refractivity contribution in [2.24, 2.45) is 5.41 Å². The number of hydrogen-bond donors (Lipinski definition) is 1. The molecule has 2 saturated carbocycles. The van der Waals surface area contributed by atoms with Crippen LogP contribution in [0.2, 0.25) is 5.02 Å². The molecule has 1 aromatic carbocycles. The van der Waals surface area contributed by atoms with Crippen LogP contribution in [0.5, 0.6) is 0 Å². The van der Waals surface area contributed by atoms with Crippen molar-refractivity contribution in [3.63, 3.8) is 0 Å². The fourth-order valence-corrected chi connectivity index (χ4v) is 7.07. The zero-order valence-corrected chi connectivity index (χ0v) is 20.7. The Kier molecular flexibility index (Phi) is 7.53. The molecule has 1 saturated heterocycles. The van der Waals surface area contributed by atoms with E-state index in [1.807, 2.05) is 30.1 Å². The minimum Gasteiger partial charge on any atom is -0.389 e. The molecule has 5 heteroatoms. The molecule has 3 fully saturated rings. The molecule has 2 aliphatic carbocycles. The van der Waals surface area contributed by atoms with Crippen molar-refractivity contribution in [3.05, 3.63) is 34.9 Å². The monoisotopic (exact) mass is 460 g/mol. The summed E-state index contributed by atoms with van der Waals surface area (Å²) >= 11 is 6.46. The molecule has 1 N–H and O–H groups in total. The van der Waals surface area contributed by atoms with Gasteiger partial charge in [-0.3, -0.25) is 9.69 Å². The number of aliphatic hydroxyl groups is 1. The van der Waals surface area contributed by atoms with Gasteiger partial charge in [0.2, 0.25) is 5.91 Å². The van der Waals surface area contributed by atoms with Gasteiger partial charge in [-0.05, 0) is 57.1 Å². The van der Waals surface area contributed by atoms with E-state index in [0.29, 0.717) is 18.9 Å². The van der Waals surface area contributed by atoms with Crippen LogP contribution in [0, 0.1) is 5.41 Å². The van der Waals surface area contributed by atoms with E-state index in [2.05, 4.69) is 17.9 Å². The molecule has 32 heavy (non-hydrogen) atoms. The Labute approximate surface area is 199 Å². The maximum Gasteiger partial charge on any atom is 0.231 e. The van der Waals surface area contributed by atoms with Gasteiger partial charge in [0.15, 0.2) is 0 Å². The van der Waals surface area contributed by atoms with Crippen molar-refractivity contribution in [2.75, 3.05) is 20.1 Å². The maximum atomic E-state index is 14.0. The molecular formula is C27H41ClN2O2. The van der Waals surface area contributed by atoms with E-state index in [-0.39, 0.29) is 11.9 Å². The Hall–Kier alpha value is -1.10. The molecule has 1 amide bonds. The molecule has 4 rings (SSSR count). The number of piperidine rings is 1. The molecule has 3 aliphatic rings. The van der Waals surface area contributed by atoms with Crippen LogP contribution in [0.3, 0.4) is 0 Å². The first-order chi connectivity index (χ1) is 15.4. The van der Waals surface area contributed by atoms with Crippen LogP contribution in [0.4, 0.5) is 0 Å². The number of amides is 1. The molecule has 0 spiro atoms. The first-order valence-electron chi connectivity index (χ1n) is 12.9. The summed E-state index contributed by atoms with van der Waals surface area (Å²) in [5.41, 5.74) is -0.388. The Bertz CT molecular complexity index is 778. The summed E-state index contributed by atoms with van der Waals surface area (Å²) in [6.45, 7) is 3.79. The molecule has 0 bridgehead atoms. The largest absolute Gasteiger partial charge is 0.389 e. The Balaban J connectivity index is 1.51. The first kappa shape index (κ1) is 24.0. The van der Waals surface area contributed by atoms with Gasteiger partial charge in [0.05, 0.1) is 11.0 Å². The SMILES string of the molecule is CC(c1ccccc1Cl)N1CCC(O)(C2(C(=O)N(C)C3CCCCC3)CCCCC2)CC1. The summed E-state index contributed by atoms with van der Waals surface area (Å²) in [4.78, 5) is 18.5. The lowest BCUT2D eigenvalue weighted by Gasteiger charge is -2.54. The Morgan fingerprint density at radius 3 is 2.25 bits per heavy atom. The van der Waals surface area contributed by atoms with Gasteiger partial charge < -0.3 is 10.0 Å². The zero-order valence-electron chi connectivity index (χ0n) is 20.0. The van der Waals surface area contributed by atoms with E-state index < -0.39 is 11.0 Å². The van der Waals surface area contributed by atoms with Gasteiger partial charge in [-0.25, -0.2) is 0 Å². The third-order valence-corrected chi connectivity index (χ3v) is 9.32. The number of rotatable bonds is 5. The van der Waals surface area contributed by atoms with Gasteiger partial charge in [0, 0.05) is 37.2 Å². The van der Waals surface area contributed by atoms with E-state index in [1.54, 1.807) is 0 Å². The van der Waals surface area contributed by atoms with Gasteiger partial charge in [-0.1, -0.05) is 68.3 Å². The lowest BCUT2D eigenvalue weighted by molar-refractivity contribution is -0.179. The van der Waals surface area contributed by atoms with Crippen LogP contribution in [0.25, 0.3) is 0 Å². The summed E-state index contributed by atoms with van der Waals surface area (Å²) in [6.07, 6.45) is 12.2. The normalized spacial score (nSPS) is 25.2. The van der Waals surface area contributed by atoms with Crippen molar-refractivity contribution in [1.82, 2.24) is 9.80 Å². The van der Waals surface area contributed by atoms with E-state index in [0.717, 1.165) is 62.2 Å². The highest BCUT2D eigenvalue weighted by atomic mass is 35.5. The highest BCUT2D eigenvalue weighted by Gasteiger charge is 2.57. The number of carbonyl (C=O) groups is 1. The lowest BCUT2D eigenvalue weighted by atomic mass is 9.59. The number of halogens is 1. The average Bonchev–Trinajstić information content (AvgIpc) is 2.84. The van der Waals surface area contributed by atoms with E-state index >= 15 is 0 Å². The van der Waals surface area contributed by atoms with Gasteiger partial charge in [-0.2, -0.15) is 0 Å². The van der Waals surface area contributed by atoms with Gasteiger partial charge >= 0.3 is 0 Å². The van der Waals surface area contributed by atoms with Crippen molar-refractivity contribution in [2.45, 2.75) is 102 Å². The Morgan fingerprint density at radius 2 is 1.62 bits per heavy atom. The molecule has 1 heterocycles. The Morgan fingerprint density at radius 1 is 1.03 bits per heavy atom. The third kappa shape index (κ3) is 4.48. The van der Waals surface area contributed by atoms with Gasteiger partial charge in [0.1, 0.15) is 0 Å². The van der Waals surface area contributed by atoms with Crippen LogP contribution in [-0.4, -0.2) is 52.6 Å². The fraction of sp³-hybridized carbons (Fsp3) is 0.741. The minimum atomic E-state index is -0.913. The second-order valence-corrected chi connectivity index (χ2v) is 11.0. The standard InChI is InChI=1S/C27H41ClN2O2/c1-21(23-13-7-8-14-24(23)28)30-19-17-27(32,18-20-30)26(15-9-4-10-16-26)25(31)29(2)22-11-5-3-6-12-22/h7-8,13-14,21-22,32H,3-6,9-12,15-20H2,1-2H3. The highest BCUT2D eigenvalue weighted by molar-refractivity contribution is 6.31. The number of likely N-dealkylation sites (tertiary alicyclic amines) is 1. The molecule has 178 valence electrons. The molecule has 4 nitrogen and oxygen atoms in total. The molecular weight excluding hydrogens is 420 g/mol. The van der Waals surface area contributed by atoms with Crippen LogP contribution >= 0.6 is 11.6 Å². The highest BCUT2D eigenvalue weighted by Crippen LogP contribution is 2.51. The number of benzene rings is 1. The first-order valence-corrected chi connectivity index (χ1v) is 13.2. The molecule has 1 aliphatic heterocycles. The smallest absolute Gasteiger partial charge is 0.231 e. The lowest BCUT2D eigenvalue weighted by Crippen LogP contribution is -2.62.